The van der Waals surface area contributed by atoms with Gasteiger partial charge in [0.25, 0.3) is 0 Å². The highest BCUT2D eigenvalue weighted by atomic mass is 28.3. The van der Waals surface area contributed by atoms with Crippen molar-refractivity contribution in [3.05, 3.63) is 54.1 Å². The van der Waals surface area contributed by atoms with Crippen LogP contribution in [0, 0.1) is 0 Å². The molecule has 0 saturated heterocycles. The molecule has 0 fully saturated rings. The summed E-state index contributed by atoms with van der Waals surface area (Å²) >= 11 is 0. The maximum atomic E-state index is 11.3. The van der Waals surface area contributed by atoms with Crippen LogP contribution in [-0.2, 0) is 6.42 Å². The topological polar surface area (TPSA) is 17.1 Å². The normalized spacial score (nSPS) is 10.8. The van der Waals surface area contributed by atoms with E-state index in [0.717, 1.165) is 23.7 Å². The zero-order valence-electron chi connectivity index (χ0n) is 10.9. The first kappa shape index (κ1) is 12.8. The second-order valence-corrected chi connectivity index (χ2v) is 7.19. The SMILES string of the molecule is C=CCc1c([Si](C)C)cc(C=O)c2ccccc12. The van der Waals surface area contributed by atoms with Crippen LogP contribution >= 0.6 is 0 Å². The number of aldehydes is 1. The summed E-state index contributed by atoms with van der Waals surface area (Å²) in [4.78, 5) is 11.3. The maximum absolute atomic E-state index is 11.3. The molecule has 0 aliphatic heterocycles. The minimum absolute atomic E-state index is 0.593. The number of carbonyl (C=O) groups excluding carboxylic acids is 1. The molecule has 0 aliphatic carbocycles. The predicted molar refractivity (Wildman–Crippen MR) is 80.4 cm³/mol. The van der Waals surface area contributed by atoms with Crippen molar-refractivity contribution in [3.63, 3.8) is 0 Å². The average Bonchev–Trinajstić information content (AvgIpc) is 2.39. The van der Waals surface area contributed by atoms with Gasteiger partial charge in [0.15, 0.2) is 6.29 Å². The second kappa shape index (κ2) is 5.32. The van der Waals surface area contributed by atoms with Crippen LogP contribution in [0.4, 0.5) is 0 Å². The highest BCUT2D eigenvalue weighted by Gasteiger charge is 2.13. The zero-order chi connectivity index (χ0) is 13.1. The van der Waals surface area contributed by atoms with Crippen LogP contribution in [0.5, 0.6) is 0 Å². The van der Waals surface area contributed by atoms with Crippen LogP contribution in [0.25, 0.3) is 10.8 Å². The molecule has 0 saturated carbocycles. The quantitative estimate of drug-likeness (QED) is 0.464. The molecule has 0 atom stereocenters. The molecule has 2 rings (SSSR count). The van der Waals surface area contributed by atoms with Gasteiger partial charge in [0, 0.05) is 5.56 Å². The lowest BCUT2D eigenvalue weighted by Crippen LogP contribution is -2.27. The summed E-state index contributed by atoms with van der Waals surface area (Å²) in [6, 6.07) is 10.2. The van der Waals surface area contributed by atoms with Gasteiger partial charge in [0.05, 0.1) is 8.80 Å². The van der Waals surface area contributed by atoms with Gasteiger partial charge in [0.1, 0.15) is 0 Å². The molecule has 0 aliphatic rings. The first-order valence-electron chi connectivity index (χ1n) is 6.10. The third-order valence-corrected chi connectivity index (χ3v) is 4.73. The number of carbonyl (C=O) groups is 1. The summed E-state index contributed by atoms with van der Waals surface area (Å²) in [5.41, 5.74) is 2.14. The second-order valence-electron chi connectivity index (χ2n) is 4.65. The van der Waals surface area contributed by atoms with Gasteiger partial charge in [-0.3, -0.25) is 4.79 Å². The lowest BCUT2D eigenvalue weighted by molar-refractivity contribution is 0.112. The molecule has 2 aromatic carbocycles. The molecule has 1 nitrogen and oxygen atoms in total. The van der Waals surface area contributed by atoms with Crippen molar-refractivity contribution in [3.8, 4) is 0 Å². The minimum atomic E-state index is -0.593. The van der Waals surface area contributed by atoms with Gasteiger partial charge in [-0.25, -0.2) is 0 Å². The number of rotatable bonds is 4. The molecular weight excluding hydrogens is 236 g/mol. The van der Waals surface area contributed by atoms with Crippen molar-refractivity contribution in [2.75, 3.05) is 0 Å². The maximum Gasteiger partial charge on any atom is 0.150 e. The van der Waals surface area contributed by atoms with Gasteiger partial charge in [0.2, 0.25) is 0 Å². The highest BCUT2D eigenvalue weighted by molar-refractivity contribution is 6.71. The van der Waals surface area contributed by atoms with E-state index in [1.165, 1.54) is 16.1 Å². The third kappa shape index (κ3) is 2.16. The first-order valence-corrected chi connectivity index (χ1v) is 8.60. The van der Waals surface area contributed by atoms with Crippen molar-refractivity contribution in [1.82, 2.24) is 0 Å². The Labute approximate surface area is 110 Å². The highest BCUT2D eigenvalue weighted by Crippen LogP contribution is 2.22. The van der Waals surface area contributed by atoms with Gasteiger partial charge in [-0.2, -0.15) is 0 Å². The van der Waals surface area contributed by atoms with Gasteiger partial charge < -0.3 is 0 Å². The van der Waals surface area contributed by atoms with E-state index in [1.54, 1.807) is 0 Å². The summed E-state index contributed by atoms with van der Waals surface area (Å²) in [6.45, 7) is 8.37. The number of hydrogen-bond acceptors (Lipinski definition) is 1. The molecule has 0 aromatic heterocycles. The van der Waals surface area contributed by atoms with E-state index in [-0.39, 0.29) is 0 Å². The van der Waals surface area contributed by atoms with E-state index in [2.05, 4.69) is 31.8 Å². The van der Waals surface area contributed by atoms with Crippen molar-refractivity contribution in [2.45, 2.75) is 19.5 Å². The molecule has 0 spiro atoms. The average molecular weight is 253 g/mol. The number of allylic oxidation sites excluding steroid dienone is 1. The van der Waals surface area contributed by atoms with E-state index in [0.29, 0.717) is 0 Å². The molecule has 2 heteroatoms. The van der Waals surface area contributed by atoms with Crippen LogP contribution in [0.3, 0.4) is 0 Å². The smallest absolute Gasteiger partial charge is 0.150 e. The van der Waals surface area contributed by atoms with Gasteiger partial charge in [-0.15, -0.1) is 6.58 Å². The summed E-state index contributed by atoms with van der Waals surface area (Å²) in [6.07, 6.45) is 3.77. The molecule has 18 heavy (non-hydrogen) atoms. The molecule has 0 unspecified atom stereocenters. The van der Waals surface area contributed by atoms with Crippen LogP contribution < -0.4 is 5.19 Å². The number of hydrogen-bond donors (Lipinski definition) is 0. The van der Waals surface area contributed by atoms with Crippen molar-refractivity contribution in [2.24, 2.45) is 0 Å². The molecule has 0 bridgehead atoms. The summed E-state index contributed by atoms with van der Waals surface area (Å²) in [5.74, 6) is 0. The Kier molecular flexibility index (Phi) is 3.77. The minimum Gasteiger partial charge on any atom is -0.298 e. The van der Waals surface area contributed by atoms with E-state index in [1.807, 2.05) is 24.3 Å². The Balaban J connectivity index is 2.86. The van der Waals surface area contributed by atoms with Crippen molar-refractivity contribution >= 4 is 31.0 Å². The van der Waals surface area contributed by atoms with Gasteiger partial charge >= 0.3 is 0 Å². The summed E-state index contributed by atoms with van der Waals surface area (Å²) in [5, 5.41) is 3.60. The molecule has 2 aromatic rings. The van der Waals surface area contributed by atoms with Crippen LogP contribution in [0.2, 0.25) is 13.1 Å². The van der Waals surface area contributed by atoms with Crippen LogP contribution in [0.1, 0.15) is 15.9 Å². The Bertz CT molecular complexity index is 599. The largest absolute Gasteiger partial charge is 0.298 e. The first-order chi connectivity index (χ1) is 8.69. The molecule has 0 N–H and O–H groups in total. The molecule has 1 radical (unpaired) electrons. The van der Waals surface area contributed by atoms with Crippen LogP contribution in [0.15, 0.2) is 43.0 Å². The Morgan fingerprint density at radius 3 is 2.44 bits per heavy atom. The van der Waals surface area contributed by atoms with E-state index < -0.39 is 8.80 Å². The number of benzene rings is 2. The Hall–Kier alpha value is -1.67. The van der Waals surface area contributed by atoms with E-state index >= 15 is 0 Å². The fourth-order valence-corrected chi connectivity index (χ4v) is 3.66. The molecular formula is C16H17OSi. The molecule has 91 valence electrons. The van der Waals surface area contributed by atoms with Crippen molar-refractivity contribution < 1.29 is 4.79 Å². The monoisotopic (exact) mass is 253 g/mol. The van der Waals surface area contributed by atoms with E-state index in [4.69, 9.17) is 0 Å². The summed E-state index contributed by atoms with van der Waals surface area (Å²) in [7, 11) is -0.593. The number of fused-ring (bicyclic) bond motifs is 1. The zero-order valence-corrected chi connectivity index (χ0v) is 11.9. The van der Waals surface area contributed by atoms with Crippen molar-refractivity contribution in [1.29, 1.82) is 0 Å². The Morgan fingerprint density at radius 2 is 1.89 bits per heavy atom. The summed E-state index contributed by atoms with van der Waals surface area (Å²) < 4.78 is 0. The van der Waals surface area contributed by atoms with Gasteiger partial charge in [-0.05, 0) is 22.8 Å². The lowest BCUT2D eigenvalue weighted by Gasteiger charge is -2.15. The molecule has 0 amide bonds. The standard InChI is InChI=1S/C16H17OSi/c1-4-7-15-14-9-6-5-8-13(14)12(11-17)10-16(15)18(2)3/h4-6,8-11H,1,7H2,2-3H3. The Morgan fingerprint density at radius 1 is 1.22 bits per heavy atom. The lowest BCUT2D eigenvalue weighted by atomic mass is 9.98. The third-order valence-electron chi connectivity index (χ3n) is 3.20. The van der Waals surface area contributed by atoms with E-state index in [9.17, 15) is 4.79 Å². The molecule has 0 heterocycles. The predicted octanol–water partition coefficient (Wildman–Crippen LogP) is 3.34. The fourth-order valence-electron chi connectivity index (χ4n) is 2.37. The van der Waals surface area contributed by atoms with Gasteiger partial charge in [-0.1, -0.05) is 54.7 Å². The van der Waals surface area contributed by atoms with Crippen LogP contribution in [-0.4, -0.2) is 15.1 Å². The fraction of sp³-hybridized carbons (Fsp3) is 0.188.